The van der Waals surface area contributed by atoms with E-state index in [1.165, 1.54) is 0 Å². The summed E-state index contributed by atoms with van der Waals surface area (Å²) in [6.45, 7) is 3.90. The molecular formula is C16H24O4. The van der Waals surface area contributed by atoms with Crippen LogP contribution in [-0.4, -0.2) is 38.3 Å². The van der Waals surface area contributed by atoms with Crippen LogP contribution in [0, 0.1) is 5.92 Å². The topological polar surface area (TPSA) is 47.9 Å². The third-order valence-electron chi connectivity index (χ3n) is 3.08. The van der Waals surface area contributed by atoms with Crippen LogP contribution in [0.15, 0.2) is 30.3 Å². The summed E-state index contributed by atoms with van der Waals surface area (Å²) in [6.07, 6.45) is 3.19. The molecular weight excluding hydrogens is 256 g/mol. The fraction of sp³-hybridized carbons (Fsp3) is 0.500. The van der Waals surface area contributed by atoms with E-state index in [0.29, 0.717) is 0 Å². The lowest BCUT2D eigenvalue weighted by Gasteiger charge is -2.24. The molecule has 1 N–H and O–H groups in total. The molecule has 0 aliphatic carbocycles. The highest BCUT2D eigenvalue weighted by Crippen LogP contribution is 2.17. The number of aliphatic hydroxyl groups is 1. The summed E-state index contributed by atoms with van der Waals surface area (Å²) in [6, 6.07) is 7.79. The number of aliphatic hydroxyl groups excluding tert-OH is 1. The Bertz CT molecular complexity index is 397. The van der Waals surface area contributed by atoms with E-state index in [4.69, 9.17) is 14.2 Å². The summed E-state index contributed by atoms with van der Waals surface area (Å²) < 4.78 is 15.5. The van der Waals surface area contributed by atoms with E-state index in [1.54, 1.807) is 21.1 Å². The van der Waals surface area contributed by atoms with Crippen molar-refractivity contribution in [2.24, 2.45) is 5.92 Å². The summed E-state index contributed by atoms with van der Waals surface area (Å²) in [5.74, 6) is 0.910. The normalized spacial score (nSPS) is 16.1. The van der Waals surface area contributed by atoms with Gasteiger partial charge in [-0.15, -0.1) is 0 Å². The van der Waals surface area contributed by atoms with Crippen LogP contribution in [-0.2, 0) is 9.47 Å². The molecule has 20 heavy (non-hydrogen) atoms. The van der Waals surface area contributed by atoms with Crippen LogP contribution in [0.1, 0.15) is 19.4 Å². The molecule has 0 saturated carbocycles. The number of methoxy groups -OCH3 is 2. The largest absolute Gasteiger partial charge is 0.497 e. The van der Waals surface area contributed by atoms with E-state index in [0.717, 1.165) is 11.3 Å². The maximum atomic E-state index is 9.74. The first-order chi connectivity index (χ1) is 9.58. The molecule has 1 rings (SSSR count). The van der Waals surface area contributed by atoms with Gasteiger partial charge in [0, 0.05) is 13.0 Å². The lowest BCUT2D eigenvalue weighted by molar-refractivity contribution is -0.120. The van der Waals surface area contributed by atoms with Crippen molar-refractivity contribution in [3.05, 3.63) is 35.9 Å². The van der Waals surface area contributed by atoms with Crippen LogP contribution in [0.5, 0.6) is 5.75 Å². The fourth-order valence-electron chi connectivity index (χ4n) is 1.96. The molecule has 3 atom stereocenters. The number of hydrogen-bond acceptors (Lipinski definition) is 4. The van der Waals surface area contributed by atoms with Gasteiger partial charge in [0.05, 0.1) is 19.3 Å². The SMILES string of the molecule is COCO[C@H]([C@H](C)/C=C/c1ccc(OC)cc1)[C@@H](C)O. The predicted octanol–water partition coefficient (Wildman–Crippen LogP) is 2.71. The first-order valence-electron chi connectivity index (χ1n) is 6.69. The molecule has 0 unspecified atom stereocenters. The number of benzene rings is 1. The molecule has 0 heterocycles. The minimum atomic E-state index is -0.555. The van der Waals surface area contributed by atoms with Crippen LogP contribution >= 0.6 is 0 Å². The number of hydrogen-bond donors (Lipinski definition) is 1. The van der Waals surface area contributed by atoms with E-state index in [2.05, 4.69) is 0 Å². The van der Waals surface area contributed by atoms with Crippen LogP contribution in [0.2, 0.25) is 0 Å². The summed E-state index contributed by atoms with van der Waals surface area (Å²) in [5.41, 5.74) is 1.08. The Morgan fingerprint density at radius 1 is 1.15 bits per heavy atom. The van der Waals surface area contributed by atoms with Crippen molar-refractivity contribution in [3.63, 3.8) is 0 Å². The van der Waals surface area contributed by atoms with Crippen LogP contribution < -0.4 is 4.74 Å². The molecule has 1 aromatic carbocycles. The highest BCUT2D eigenvalue weighted by molar-refractivity contribution is 5.50. The zero-order chi connectivity index (χ0) is 15.0. The molecule has 4 nitrogen and oxygen atoms in total. The Balaban J connectivity index is 2.65. The number of ether oxygens (including phenoxy) is 3. The average Bonchev–Trinajstić information content (AvgIpc) is 2.45. The summed E-state index contributed by atoms with van der Waals surface area (Å²) >= 11 is 0. The van der Waals surface area contributed by atoms with Gasteiger partial charge in [-0.2, -0.15) is 0 Å². The van der Waals surface area contributed by atoms with Crippen LogP contribution in [0.4, 0.5) is 0 Å². The fourth-order valence-corrected chi connectivity index (χ4v) is 1.96. The van der Waals surface area contributed by atoms with Crippen molar-refractivity contribution in [3.8, 4) is 5.75 Å². The summed E-state index contributed by atoms with van der Waals surface area (Å²) in [7, 11) is 3.21. The monoisotopic (exact) mass is 280 g/mol. The molecule has 0 amide bonds. The second-order valence-corrected chi connectivity index (χ2v) is 4.77. The Morgan fingerprint density at radius 3 is 2.30 bits per heavy atom. The Hall–Kier alpha value is -1.36. The van der Waals surface area contributed by atoms with Gasteiger partial charge in [-0.25, -0.2) is 0 Å². The molecule has 0 aliphatic rings. The van der Waals surface area contributed by atoms with Crippen molar-refractivity contribution >= 4 is 6.08 Å². The molecule has 4 heteroatoms. The van der Waals surface area contributed by atoms with Gasteiger partial charge in [0.2, 0.25) is 0 Å². The average molecular weight is 280 g/mol. The smallest absolute Gasteiger partial charge is 0.146 e. The van der Waals surface area contributed by atoms with Gasteiger partial charge >= 0.3 is 0 Å². The molecule has 0 bridgehead atoms. The first kappa shape index (κ1) is 16.7. The number of rotatable bonds is 8. The maximum absolute atomic E-state index is 9.74. The Kier molecular flexibility index (Phi) is 7.30. The van der Waals surface area contributed by atoms with Gasteiger partial charge in [-0.1, -0.05) is 31.2 Å². The standard InChI is InChI=1S/C16H24O4/c1-12(16(13(2)17)20-11-18-3)5-6-14-7-9-15(19-4)10-8-14/h5-10,12-13,16-17H,11H2,1-4H3/b6-5+/t12-,13-,16-/m1/s1. The minimum absolute atomic E-state index is 0.0762. The van der Waals surface area contributed by atoms with Crippen molar-refractivity contribution in [2.75, 3.05) is 21.0 Å². The molecule has 0 saturated heterocycles. The highest BCUT2D eigenvalue weighted by Gasteiger charge is 2.20. The molecule has 0 aliphatic heterocycles. The molecule has 112 valence electrons. The van der Waals surface area contributed by atoms with Crippen LogP contribution in [0.25, 0.3) is 6.08 Å². The third-order valence-corrected chi connectivity index (χ3v) is 3.08. The van der Waals surface area contributed by atoms with Crippen molar-refractivity contribution < 1.29 is 19.3 Å². The molecule has 0 fully saturated rings. The Labute approximate surface area is 121 Å². The summed E-state index contributed by atoms with van der Waals surface area (Å²) in [4.78, 5) is 0. The molecule has 1 aromatic rings. The highest BCUT2D eigenvalue weighted by atomic mass is 16.7. The molecule has 0 radical (unpaired) electrons. The van der Waals surface area contributed by atoms with Crippen molar-refractivity contribution in [1.29, 1.82) is 0 Å². The maximum Gasteiger partial charge on any atom is 0.146 e. The van der Waals surface area contributed by atoms with E-state index in [1.807, 2.05) is 43.3 Å². The van der Waals surface area contributed by atoms with E-state index in [-0.39, 0.29) is 18.8 Å². The lowest BCUT2D eigenvalue weighted by atomic mass is 9.99. The van der Waals surface area contributed by atoms with Crippen molar-refractivity contribution in [2.45, 2.75) is 26.1 Å². The zero-order valence-corrected chi connectivity index (χ0v) is 12.6. The summed E-state index contributed by atoms with van der Waals surface area (Å²) in [5, 5.41) is 9.74. The lowest BCUT2D eigenvalue weighted by Crippen LogP contribution is -2.32. The van der Waals surface area contributed by atoms with Gasteiger partial charge in [0.15, 0.2) is 0 Å². The van der Waals surface area contributed by atoms with Gasteiger partial charge < -0.3 is 19.3 Å². The first-order valence-corrected chi connectivity index (χ1v) is 6.69. The van der Waals surface area contributed by atoms with Gasteiger partial charge in [-0.05, 0) is 24.6 Å². The van der Waals surface area contributed by atoms with Crippen LogP contribution in [0.3, 0.4) is 0 Å². The minimum Gasteiger partial charge on any atom is -0.497 e. The zero-order valence-electron chi connectivity index (χ0n) is 12.6. The van der Waals surface area contributed by atoms with Gasteiger partial charge in [-0.3, -0.25) is 0 Å². The second kappa shape index (κ2) is 8.74. The quantitative estimate of drug-likeness (QED) is 0.744. The third kappa shape index (κ3) is 5.33. The van der Waals surface area contributed by atoms with Crippen molar-refractivity contribution in [1.82, 2.24) is 0 Å². The molecule has 0 aromatic heterocycles. The van der Waals surface area contributed by atoms with E-state index >= 15 is 0 Å². The van der Waals surface area contributed by atoms with Gasteiger partial charge in [0.1, 0.15) is 12.5 Å². The second-order valence-electron chi connectivity index (χ2n) is 4.77. The van der Waals surface area contributed by atoms with E-state index < -0.39 is 6.10 Å². The Morgan fingerprint density at radius 2 is 1.80 bits per heavy atom. The van der Waals surface area contributed by atoms with Gasteiger partial charge in [0.25, 0.3) is 0 Å². The predicted molar refractivity (Wildman–Crippen MR) is 79.6 cm³/mol. The molecule has 0 spiro atoms. The van der Waals surface area contributed by atoms with E-state index in [9.17, 15) is 5.11 Å².